The summed E-state index contributed by atoms with van der Waals surface area (Å²) in [5.41, 5.74) is 7.78. The van der Waals surface area contributed by atoms with E-state index in [1.807, 2.05) is 18.2 Å². The van der Waals surface area contributed by atoms with Gasteiger partial charge in [0.05, 0.1) is 5.52 Å². The van der Waals surface area contributed by atoms with Crippen molar-refractivity contribution in [3.05, 3.63) is 60.2 Å². The molecule has 2 N–H and O–H groups in total. The fourth-order valence-corrected chi connectivity index (χ4v) is 2.04. The third-order valence-electron chi connectivity index (χ3n) is 3.17. The molecule has 0 saturated heterocycles. The van der Waals surface area contributed by atoms with E-state index in [1.165, 1.54) is 0 Å². The predicted molar refractivity (Wildman–Crippen MR) is 82.7 cm³/mol. The van der Waals surface area contributed by atoms with Crippen LogP contribution in [-0.2, 0) is 0 Å². The van der Waals surface area contributed by atoms with E-state index in [0.717, 1.165) is 10.9 Å². The molecule has 3 rings (SSSR count). The van der Waals surface area contributed by atoms with E-state index in [9.17, 15) is 4.79 Å². The number of hydrogen-bond acceptors (Lipinski definition) is 4. The molecule has 1 heterocycles. The molecule has 4 heteroatoms. The van der Waals surface area contributed by atoms with Gasteiger partial charge in [0.1, 0.15) is 5.75 Å². The maximum Gasteiger partial charge on any atom is 0.219 e. The van der Waals surface area contributed by atoms with Crippen molar-refractivity contribution in [1.82, 2.24) is 4.98 Å². The second-order valence-corrected chi connectivity index (χ2v) is 4.78. The number of benzene rings is 2. The van der Waals surface area contributed by atoms with Crippen LogP contribution in [0.2, 0.25) is 0 Å². The zero-order chi connectivity index (χ0) is 14.8. The number of Topliss-reactive ketones (excluding diaryl/α,β-unsaturated/α-hetero) is 1. The molecule has 0 radical (unpaired) electrons. The molecular formula is C17H14N2O2. The second-order valence-electron chi connectivity index (χ2n) is 4.78. The Kier molecular flexibility index (Phi) is 3.28. The van der Waals surface area contributed by atoms with E-state index in [-0.39, 0.29) is 5.78 Å². The summed E-state index contributed by atoms with van der Waals surface area (Å²) in [7, 11) is 0. The van der Waals surface area contributed by atoms with Crippen LogP contribution in [0.3, 0.4) is 0 Å². The molecule has 0 aliphatic rings. The van der Waals surface area contributed by atoms with Gasteiger partial charge in [-0.1, -0.05) is 0 Å². The highest BCUT2D eigenvalue weighted by Gasteiger charge is 2.04. The van der Waals surface area contributed by atoms with Crippen LogP contribution in [-0.4, -0.2) is 10.8 Å². The number of ketones is 1. The molecule has 4 nitrogen and oxygen atoms in total. The first-order valence-electron chi connectivity index (χ1n) is 6.57. The third-order valence-corrected chi connectivity index (χ3v) is 3.17. The van der Waals surface area contributed by atoms with Crippen molar-refractivity contribution in [2.75, 3.05) is 5.73 Å². The number of rotatable bonds is 3. The fraction of sp³-hybridized carbons (Fsp3) is 0.0588. The lowest BCUT2D eigenvalue weighted by Crippen LogP contribution is -1.93. The number of anilines is 1. The monoisotopic (exact) mass is 278 g/mol. The summed E-state index contributed by atoms with van der Waals surface area (Å²) in [5, 5.41) is 0.910. The first-order valence-corrected chi connectivity index (χ1v) is 6.57. The Balaban J connectivity index is 1.92. The van der Waals surface area contributed by atoms with E-state index >= 15 is 0 Å². The van der Waals surface area contributed by atoms with Gasteiger partial charge in [-0.05, 0) is 55.5 Å². The smallest absolute Gasteiger partial charge is 0.219 e. The molecular weight excluding hydrogens is 264 g/mol. The molecule has 0 aliphatic heterocycles. The van der Waals surface area contributed by atoms with Crippen molar-refractivity contribution < 1.29 is 9.53 Å². The lowest BCUT2D eigenvalue weighted by atomic mass is 10.1. The Bertz CT molecular complexity index is 811. The van der Waals surface area contributed by atoms with E-state index < -0.39 is 0 Å². The zero-order valence-electron chi connectivity index (χ0n) is 11.5. The van der Waals surface area contributed by atoms with Gasteiger partial charge < -0.3 is 10.5 Å². The zero-order valence-corrected chi connectivity index (χ0v) is 11.5. The van der Waals surface area contributed by atoms with Gasteiger partial charge in [-0.15, -0.1) is 0 Å². The molecule has 0 atom stereocenters. The summed E-state index contributed by atoms with van der Waals surface area (Å²) in [6.45, 7) is 1.55. The number of carbonyl (C=O) groups is 1. The van der Waals surface area contributed by atoms with Crippen LogP contribution in [0.1, 0.15) is 17.3 Å². The molecule has 104 valence electrons. The highest BCUT2D eigenvalue weighted by molar-refractivity contribution is 5.97. The van der Waals surface area contributed by atoms with Crippen molar-refractivity contribution in [1.29, 1.82) is 0 Å². The molecule has 0 saturated carbocycles. The normalized spacial score (nSPS) is 10.5. The molecule has 0 bridgehead atoms. The summed E-state index contributed by atoms with van der Waals surface area (Å²) in [6, 6.07) is 16.2. The van der Waals surface area contributed by atoms with Crippen molar-refractivity contribution in [3.8, 4) is 11.6 Å². The number of nitrogens with zero attached hydrogens (tertiary/aromatic N) is 1. The van der Waals surface area contributed by atoms with E-state index in [4.69, 9.17) is 10.5 Å². The minimum absolute atomic E-state index is 0.0408. The van der Waals surface area contributed by atoms with Gasteiger partial charge in [0.2, 0.25) is 5.88 Å². The maximum absolute atomic E-state index is 11.4. The summed E-state index contributed by atoms with van der Waals surface area (Å²) < 4.78 is 5.69. The summed E-state index contributed by atoms with van der Waals surface area (Å²) in [5.74, 6) is 1.22. The van der Waals surface area contributed by atoms with Gasteiger partial charge in [0.15, 0.2) is 5.78 Å². The van der Waals surface area contributed by atoms with Crippen molar-refractivity contribution in [3.63, 3.8) is 0 Å². The van der Waals surface area contributed by atoms with E-state index in [0.29, 0.717) is 22.9 Å². The van der Waals surface area contributed by atoms with Crippen molar-refractivity contribution in [2.45, 2.75) is 6.92 Å². The first kappa shape index (κ1) is 13.1. The average molecular weight is 278 g/mol. The maximum atomic E-state index is 11.4. The van der Waals surface area contributed by atoms with Gasteiger partial charge in [-0.25, -0.2) is 4.98 Å². The number of hydrogen-bond donors (Lipinski definition) is 1. The van der Waals surface area contributed by atoms with Gasteiger partial charge in [-0.3, -0.25) is 4.79 Å². The van der Waals surface area contributed by atoms with Crippen LogP contribution in [0.25, 0.3) is 10.9 Å². The number of carbonyl (C=O) groups excluding carboxylic acids is 1. The van der Waals surface area contributed by atoms with Crippen LogP contribution in [0, 0.1) is 0 Å². The highest BCUT2D eigenvalue weighted by atomic mass is 16.5. The molecule has 21 heavy (non-hydrogen) atoms. The minimum Gasteiger partial charge on any atom is -0.439 e. The van der Waals surface area contributed by atoms with Gasteiger partial charge in [0.25, 0.3) is 0 Å². The van der Waals surface area contributed by atoms with Crippen LogP contribution in [0.5, 0.6) is 11.6 Å². The summed E-state index contributed by atoms with van der Waals surface area (Å²) in [6.07, 6.45) is 0. The third kappa shape index (κ3) is 2.84. The van der Waals surface area contributed by atoms with Crippen LogP contribution in [0.15, 0.2) is 54.6 Å². The Hall–Kier alpha value is -2.88. The number of pyridine rings is 1. The quantitative estimate of drug-likeness (QED) is 0.584. The topological polar surface area (TPSA) is 65.2 Å². The Morgan fingerprint density at radius 3 is 2.52 bits per heavy atom. The van der Waals surface area contributed by atoms with Crippen molar-refractivity contribution in [2.24, 2.45) is 0 Å². The number of fused-ring (bicyclic) bond motifs is 1. The Labute approximate surface area is 122 Å². The first-order chi connectivity index (χ1) is 10.1. The fourth-order valence-electron chi connectivity index (χ4n) is 2.04. The predicted octanol–water partition coefficient (Wildman–Crippen LogP) is 3.81. The van der Waals surface area contributed by atoms with Gasteiger partial charge >= 0.3 is 0 Å². The Morgan fingerprint density at radius 1 is 1.05 bits per heavy atom. The molecule has 2 aromatic carbocycles. The number of ether oxygens (including phenoxy) is 1. The molecule has 1 aromatic heterocycles. The van der Waals surface area contributed by atoms with Gasteiger partial charge in [-0.2, -0.15) is 0 Å². The SMILES string of the molecule is CC(=O)c1ccc2nc(Oc3ccc(N)cc3)ccc2c1. The van der Waals surface area contributed by atoms with Gasteiger partial charge in [0, 0.05) is 22.7 Å². The molecule has 0 spiro atoms. The second kappa shape index (κ2) is 5.25. The number of nitrogen functional groups attached to an aromatic ring is 1. The van der Waals surface area contributed by atoms with E-state index in [2.05, 4.69) is 4.98 Å². The average Bonchev–Trinajstić information content (AvgIpc) is 2.49. The molecule has 0 unspecified atom stereocenters. The standard InChI is InChI=1S/C17H14N2O2/c1-11(20)12-2-8-16-13(10-12)3-9-17(19-16)21-15-6-4-14(18)5-7-15/h2-10H,18H2,1H3. The Morgan fingerprint density at radius 2 is 1.81 bits per heavy atom. The van der Waals surface area contributed by atoms with Crippen molar-refractivity contribution >= 4 is 22.4 Å². The number of nitrogens with two attached hydrogens (primary N) is 1. The summed E-state index contributed by atoms with van der Waals surface area (Å²) in [4.78, 5) is 15.8. The largest absolute Gasteiger partial charge is 0.439 e. The lowest BCUT2D eigenvalue weighted by molar-refractivity contribution is 0.101. The molecule has 0 fully saturated rings. The van der Waals surface area contributed by atoms with E-state index in [1.54, 1.807) is 43.3 Å². The minimum atomic E-state index is 0.0408. The molecule has 0 amide bonds. The lowest BCUT2D eigenvalue weighted by Gasteiger charge is -2.06. The van der Waals surface area contributed by atoms with Crippen LogP contribution < -0.4 is 10.5 Å². The van der Waals surface area contributed by atoms with Crippen LogP contribution in [0.4, 0.5) is 5.69 Å². The molecule has 3 aromatic rings. The molecule has 0 aliphatic carbocycles. The highest BCUT2D eigenvalue weighted by Crippen LogP contribution is 2.23. The van der Waals surface area contributed by atoms with Crippen LogP contribution >= 0.6 is 0 Å². The number of aromatic nitrogens is 1. The summed E-state index contributed by atoms with van der Waals surface area (Å²) >= 11 is 0.